The van der Waals surface area contributed by atoms with Gasteiger partial charge in [-0.3, -0.25) is 0 Å². The molecule has 3 atom stereocenters. The Hall–Kier alpha value is -0.0400. The molecule has 0 amide bonds. The van der Waals surface area contributed by atoms with Gasteiger partial charge in [0.25, 0.3) is 0 Å². The third-order valence-electron chi connectivity index (χ3n) is 3.57. The Balaban J connectivity index is 2.54. The van der Waals surface area contributed by atoms with Crippen molar-refractivity contribution < 1.29 is 0 Å². The van der Waals surface area contributed by atoms with E-state index in [1.165, 1.54) is 19.3 Å². The molecule has 0 radical (unpaired) electrons. The monoisotopic (exact) mass is 197 g/mol. The van der Waals surface area contributed by atoms with E-state index in [1.54, 1.807) is 0 Å². The van der Waals surface area contributed by atoms with Crippen LogP contribution in [0.25, 0.3) is 0 Å². The van der Waals surface area contributed by atoms with Gasteiger partial charge in [-0.2, -0.15) is 0 Å². The highest BCUT2D eigenvalue weighted by atomic mass is 14.9. The number of rotatable bonds is 3. The molecule has 0 unspecified atom stereocenters. The normalized spacial score (nSPS) is 34.1. The number of hydrogen-bond donors (Lipinski definition) is 1. The topological polar surface area (TPSA) is 12.0 Å². The summed E-state index contributed by atoms with van der Waals surface area (Å²) in [6.07, 6.45) is 4.23. The average molecular weight is 197 g/mol. The van der Waals surface area contributed by atoms with Gasteiger partial charge in [0.05, 0.1) is 0 Å². The largest absolute Gasteiger partial charge is 0.311 e. The van der Waals surface area contributed by atoms with Gasteiger partial charge >= 0.3 is 0 Å². The molecule has 1 N–H and O–H groups in total. The molecule has 0 aromatic heterocycles. The van der Waals surface area contributed by atoms with E-state index < -0.39 is 0 Å². The Bertz CT molecular complexity index is 161. The molecule has 1 aliphatic carbocycles. The molecule has 14 heavy (non-hydrogen) atoms. The van der Waals surface area contributed by atoms with Gasteiger partial charge < -0.3 is 5.32 Å². The quantitative estimate of drug-likeness (QED) is 0.731. The van der Waals surface area contributed by atoms with Gasteiger partial charge in [0.1, 0.15) is 0 Å². The first-order chi connectivity index (χ1) is 6.50. The predicted octanol–water partition coefficient (Wildman–Crippen LogP) is 3.45. The fraction of sp³-hybridized carbons (Fsp3) is 1.00. The smallest absolute Gasteiger partial charge is 0.0103 e. The molecular formula is C13H27N. The van der Waals surface area contributed by atoms with Crippen LogP contribution in [0.1, 0.15) is 53.9 Å². The lowest BCUT2D eigenvalue weighted by atomic mass is 9.74. The van der Waals surface area contributed by atoms with Crippen LogP contribution in [-0.4, -0.2) is 12.1 Å². The van der Waals surface area contributed by atoms with E-state index in [2.05, 4.69) is 39.9 Å². The Morgan fingerprint density at radius 1 is 1.07 bits per heavy atom. The summed E-state index contributed by atoms with van der Waals surface area (Å²) in [7, 11) is 0. The van der Waals surface area contributed by atoms with E-state index >= 15 is 0 Å². The van der Waals surface area contributed by atoms with Gasteiger partial charge in [-0.25, -0.2) is 0 Å². The summed E-state index contributed by atoms with van der Waals surface area (Å²) < 4.78 is 0. The lowest BCUT2D eigenvalue weighted by Gasteiger charge is -2.39. The van der Waals surface area contributed by atoms with Crippen molar-refractivity contribution in [1.82, 2.24) is 5.32 Å². The first kappa shape index (κ1) is 12.0. The van der Waals surface area contributed by atoms with Gasteiger partial charge in [0, 0.05) is 12.1 Å². The Morgan fingerprint density at radius 3 is 2.21 bits per heavy atom. The van der Waals surface area contributed by atoms with Crippen LogP contribution in [0.2, 0.25) is 0 Å². The molecule has 0 saturated heterocycles. The molecule has 1 nitrogen and oxygen atoms in total. The summed E-state index contributed by atoms with van der Waals surface area (Å²) in [5.41, 5.74) is 0. The molecule has 1 saturated carbocycles. The van der Waals surface area contributed by atoms with Crippen molar-refractivity contribution in [2.75, 3.05) is 0 Å². The molecule has 0 aromatic rings. The molecular weight excluding hydrogens is 170 g/mol. The Morgan fingerprint density at radius 2 is 1.71 bits per heavy atom. The maximum Gasteiger partial charge on any atom is 0.0103 e. The van der Waals surface area contributed by atoms with E-state index in [0.29, 0.717) is 6.04 Å². The third kappa shape index (κ3) is 3.27. The molecule has 84 valence electrons. The molecule has 0 spiro atoms. The molecule has 1 aliphatic rings. The molecule has 1 rings (SSSR count). The second-order valence-electron chi connectivity index (χ2n) is 5.75. The highest BCUT2D eigenvalue weighted by Gasteiger charge is 2.30. The van der Waals surface area contributed by atoms with Crippen molar-refractivity contribution in [3.8, 4) is 0 Å². The van der Waals surface area contributed by atoms with Crippen molar-refractivity contribution in [3.63, 3.8) is 0 Å². The molecule has 0 aliphatic heterocycles. The van der Waals surface area contributed by atoms with Crippen LogP contribution in [0.5, 0.6) is 0 Å². The minimum Gasteiger partial charge on any atom is -0.311 e. The van der Waals surface area contributed by atoms with Crippen molar-refractivity contribution in [3.05, 3.63) is 0 Å². The summed E-state index contributed by atoms with van der Waals surface area (Å²) in [5.74, 6) is 2.65. The second kappa shape index (κ2) is 5.16. The summed E-state index contributed by atoms with van der Waals surface area (Å²) >= 11 is 0. The van der Waals surface area contributed by atoms with Crippen molar-refractivity contribution in [1.29, 1.82) is 0 Å². The average Bonchev–Trinajstić information content (AvgIpc) is 2.01. The van der Waals surface area contributed by atoms with Crippen LogP contribution in [0, 0.1) is 17.8 Å². The van der Waals surface area contributed by atoms with Gasteiger partial charge in [0.2, 0.25) is 0 Å². The minimum absolute atomic E-state index is 0.631. The van der Waals surface area contributed by atoms with Crippen molar-refractivity contribution >= 4 is 0 Å². The SMILES string of the molecule is CC(C)N[C@H]1C[C@H](C)CC[C@H]1C(C)C. The van der Waals surface area contributed by atoms with Crippen molar-refractivity contribution in [2.24, 2.45) is 17.8 Å². The third-order valence-corrected chi connectivity index (χ3v) is 3.57. The second-order valence-corrected chi connectivity index (χ2v) is 5.75. The van der Waals surface area contributed by atoms with E-state index in [4.69, 9.17) is 0 Å². The lowest BCUT2D eigenvalue weighted by Crippen LogP contribution is -2.45. The highest BCUT2D eigenvalue weighted by Crippen LogP contribution is 2.33. The van der Waals surface area contributed by atoms with Crippen LogP contribution >= 0.6 is 0 Å². The van der Waals surface area contributed by atoms with Crippen LogP contribution in [-0.2, 0) is 0 Å². The molecule has 0 heterocycles. The zero-order valence-electron chi connectivity index (χ0n) is 10.5. The number of hydrogen-bond acceptors (Lipinski definition) is 1. The highest BCUT2D eigenvalue weighted by molar-refractivity contribution is 4.86. The Kier molecular flexibility index (Phi) is 4.43. The molecule has 1 fully saturated rings. The fourth-order valence-electron chi connectivity index (χ4n) is 2.82. The first-order valence-electron chi connectivity index (χ1n) is 6.26. The minimum atomic E-state index is 0.631. The van der Waals surface area contributed by atoms with E-state index in [0.717, 1.165) is 23.8 Å². The fourth-order valence-corrected chi connectivity index (χ4v) is 2.82. The molecule has 0 aromatic carbocycles. The van der Waals surface area contributed by atoms with Crippen LogP contribution in [0.3, 0.4) is 0 Å². The van der Waals surface area contributed by atoms with Gasteiger partial charge in [-0.15, -0.1) is 0 Å². The van der Waals surface area contributed by atoms with Crippen LogP contribution < -0.4 is 5.32 Å². The van der Waals surface area contributed by atoms with Gasteiger partial charge in [-0.1, -0.05) is 41.0 Å². The van der Waals surface area contributed by atoms with E-state index in [9.17, 15) is 0 Å². The lowest BCUT2D eigenvalue weighted by molar-refractivity contribution is 0.163. The van der Waals surface area contributed by atoms with E-state index in [1.807, 2.05) is 0 Å². The van der Waals surface area contributed by atoms with Crippen LogP contribution in [0.4, 0.5) is 0 Å². The predicted molar refractivity (Wildman–Crippen MR) is 63.4 cm³/mol. The standard InChI is InChI=1S/C13H27N/c1-9(2)12-7-6-11(5)8-13(12)14-10(3)4/h9-14H,6-8H2,1-5H3/t11-,12+,13+/m1/s1. The zero-order chi connectivity index (χ0) is 10.7. The van der Waals surface area contributed by atoms with Crippen LogP contribution in [0.15, 0.2) is 0 Å². The Labute approximate surface area is 89.7 Å². The summed E-state index contributed by atoms with van der Waals surface area (Å²) in [6, 6.07) is 1.39. The maximum atomic E-state index is 3.74. The van der Waals surface area contributed by atoms with Gasteiger partial charge in [-0.05, 0) is 30.6 Å². The van der Waals surface area contributed by atoms with Gasteiger partial charge in [0.15, 0.2) is 0 Å². The van der Waals surface area contributed by atoms with Crippen molar-refractivity contribution in [2.45, 2.75) is 66.0 Å². The summed E-state index contributed by atoms with van der Waals surface area (Å²) in [6.45, 7) is 11.7. The zero-order valence-corrected chi connectivity index (χ0v) is 10.5. The van der Waals surface area contributed by atoms with E-state index in [-0.39, 0.29) is 0 Å². The maximum absolute atomic E-state index is 3.74. The molecule has 1 heteroatoms. The summed E-state index contributed by atoms with van der Waals surface area (Å²) in [5, 5.41) is 3.74. The molecule has 0 bridgehead atoms. The summed E-state index contributed by atoms with van der Waals surface area (Å²) in [4.78, 5) is 0. The number of nitrogens with one attached hydrogen (secondary N) is 1. The first-order valence-corrected chi connectivity index (χ1v) is 6.26.